The number of rotatable bonds is 6. The summed E-state index contributed by atoms with van der Waals surface area (Å²) >= 11 is 0. The highest BCUT2D eigenvalue weighted by Crippen LogP contribution is 2.35. The summed E-state index contributed by atoms with van der Waals surface area (Å²) in [5.41, 5.74) is 5.30. The van der Waals surface area contributed by atoms with Crippen molar-refractivity contribution >= 4 is 46.0 Å². The SMILES string of the molecule is COc1ccc(CN(C)c2cc3nc4c2ncn4C(=O)N[C@@H]2CC[C@H]2OCc2cc(cc(N4CCCC4=O)c2)N3)c(OC)c1. The number of hydrogen-bond acceptors (Lipinski definition) is 9. The van der Waals surface area contributed by atoms with Gasteiger partial charge in [-0.15, -0.1) is 0 Å². The van der Waals surface area contributed by atoms with Gasteiger partial charge in [0.25, 0.3) is 0 Å². The second-order valence-electron chi connectivity index (χ2n) is 11.5. The lowest BCUT2D eigenvalue weighted by Gasteiger charge is -2.37. The molecule has 12 nitrogen and oxygen atoms in total. The van der Waals surface area contributed by atoms with Gasteiger partial charge in [-0.25, -0.2) is 19.3 Å². The monoisotopic (exact) mass is 597 g/mol. The number of anilines is 4. The van der Waals surface area contributed by atoms with Gasteiger partial charge < -0.3 is 34.6 Å². The Kier molecular flexibility index (Phi) is 7.21. The molecule has 1 saturated heterocycles. The first-order valence-corrected chi connectivity index (χ1v) is 14.8. The fourth-order valence-corrected chi connectivity index (χ4v) is 6.12. The normalized spacial score (nSPS) is 19.6. The van der Waals surface area contributed by atoms with Gasteiger partial charge >= 0.3 is 6.03 Å². The number of pyridine rings is 1. The van der Waals surface area contributed by atoms with Crippen LogP contribution in [0.1, 0.15) is 36.8 Å². The van der Waals surface area contributed by atoms with Crippen LogP contribution in [0.2, 0.25) is 0 Å². The number of aromatic nitrogens is 3. The highest BCUT2D eigenvalue weighted by atomic mass is 16.5. The number of methoxy groups -OCH3 is 2. The van der Waals surface area contributed by atoms with Crippen molar-refractivity contribution in [1.29, 1.82) is 0 Å². The maximum Gasteiger partial charge on any atom is 0.328 e. The van der Waals surface area contributed by atoms with Gasteiger partial charge in [0.1, 0.15) is 29.2 Å². The van der Waals surface area contributed by atoms with Crippen molar-refractivity contribution in [2.45, 2.75) is 51.0 Å². The highest BCUT2D eigenvalue weighted by molar-refractivity contribution is 5.97. The van der Waals surface area contributed by atoms with Crippen LogP contribution in [0, 0.1) is 0 Å². The van der Waals surface area contributed by atoms with E-state index in [2.05, 4.69) is 20.5 Å². The molecule has 1 aliphatic carbocycles. The van der Waals surface area contributed by atoms with E-state index < -0.39 is 0 Å². The Hall–Kier alpha value is -4.84. The zero-order valence-corrected chi connectivity index (χ0v) is 25.0. The van der Waals surface area contributed by atoms with Crippen LogP contribution in [0.4, 0.5) is 27.7 Å². The van der Waals surface area contributed by atoms with E-state index in [9.17, 15) is 9.59 Å². The van der Waals surface area contributed by atoms with Gasteiger partial charge in [-0.1, -0.05) is 0 Å². The van der Waals surface area contributed by atoms with Crippen molar-refractivity contribution < 1.29 is 23.8 Å². The summed E-state index contributed by atoms with van der Waals surface area (Å²) in [7, 11) is 5.22. The molecule has 2 aromatic heterocycles. The maximum atomic E-state index is 13.5. The van der Waals surface area contributed by atoms with Crippen LogP contribution in [0.25, 0.3) is 11.2 Å². The molecule has 2 N–H and O–H groups in total. The van der Waals surface area contributed by atoms with Crippen molar-refractivity contribution in [1.82, 2.24) is 19.9 Å². The zero-order valence-electron chi connectivity index (χ0n) is 25.0. The Morgan fingerprint density at radius 1 is 1.09 bits per heavy atom. The van der Waals surface area contributed by atoms with Crippen LogP contribution in [-0.4, -0.2) is 66.4 Å². The van der Waals surface area contributed by atoms with Gasteiger partial charge in [-0.3, -0.25) is 4.79 Å². The van der Waals surface area contributed by atoms with Crippen molar-refractivity contribution in [2.75, 3.05) is 42.9 Å². The molecule has 4 bridgehead atoms. The predicted molar refractivity (Wildman–Crippen MR) is 166 cm³/mol. The summed E-state index contributed by atoms with van der Waals surface area (Å²) in [5, 5.41) is 6.56. The first-order valence-electron chi connectivity index (χ1n) is 14.8. The van der Waals surface area contributed by atoms with Crippen LogP contribution in [0.3, 0.4) is 0 Å². The summed E-state index contributed by atoms with van der Waals surface area (Å²) in [6.07, 6.45) is 4.48. The quantitative estimate of drug-likeness (QED) is 0.329. The molecule has 12 heteroatoms. The molecule has 0 radical (unpaired) electrons. The van der Waals surface area contributed by atoms with Gasteiger partial charge in [0.15, 0.2) is 5.65 Å². The third-order valence-corrected chi connectivity index (χ3v) is 8.64. The van der Waals surface area contributed by atoms with E-state index in [0.29, 0.717) is 54.6 Å². The third-order valence-electron chi connectivity index (χ3n) is 8.64. The lowest BCUT2D eigenvalue weighted by atomic mass is 9.89. The molecule has 4 heterocycles. The molecule has 2 fully saturated rings. The second-order valence-corrected chi connectivity index (χ2v) is 11.5. The van der Waals surface area contributed by atoms with Crippen LogP contribution in [0.15, 0.2) is 48.8 Å². The Balaban J connectivity index is 1.32. The van der Waals surface area contributed by atoms with Gasteiger partial charge in [0.05, 0.1) is 38.7 Å². The van der Waals surface area contributed by atoms with Crippen molar-refractivity contribution in [2.24, 2.45) is 0 Å². The number of nitrogens with one attached hydrogen (secondary N) is 2. The number of nitrogens with zero attached hydrogens (tertiary/aromatic N) is 5. The first-order chi connectivity index (χ1) is 21.4. The molecular weight excluding hydrogens is 562 g/mol. The van der Waals surface area contributed by atoms with Crippen LogP contribution in [-0.2, 0) is 22.7 Å². The number of benzene rings is 2. The molecule has 44 heavy (non-hydrogen) atoms. The fraction of sp³-hybridized carbons (Fsp3) is 0.375. The molecule has 1 saturated carbocycles. The minimum atomic E-state index is -0.300. The van der Waals surface area contributed by atoms with E-state index in [0.717, 1.165) is 47.5 Å². The van der Waals surface area contributed by atoms with Crippen molar-refractivity contribution in [3.63, 3.8) is 0 Å². The molecule has 0 unspecified atom stereocenters. The van der Waals surface area contributed by atoms with Crippen LogP contribution in [0.5, 0.6) is 11.5 Å². The van der Waals surface area contributed by atoms with Crippen molar-refractivity contribution in [3.05, 3.63) is 59.9 Å². The van der Waals surface area contributed by atoms with Gasteiger partial charge in [0.2, 0.25) is 5.91 Å². The van der Waals surface area contributed by atoms with E-state index in [1.165, 1.54) is 10.9 Å². The summed E-state index contributed by atoms with van der Waals surface area (Å²) in [5.74, 6) is 2.06. The Morgan fingerprint density at radius 3 is 2.73 bits per heavy atom. The average Bonchev–Trinajstić information content (AvgIpc) is 3.64. The molecule has 2 aromatic carbocycles. The Morgan fingerprint density at radius 2 is 1.98 bits per heavy atom. The van der Waals surface area contributed by atoms with Crippen LogP contribution >= 0.6 is 0 Å². The first kappa shape index (κ1) is 28.0. The molecule has 3 aliphatic rings. The highest BCUT2D eigenvalue weighted by Gasteiger charge is 2.34. The number of ether oxygens (including phenoxy) is 3. The van der Waals surface area contributed by atoms with Gasteiger partial charge in [-0.2, -0.15) is 0 Å². The van der Waals surface area contributed by atoms with E-state index in [1.807, 2.05) is 54.4 Å². The van der Waals surface area contributed by atoms with E-state index >= 15 is 0 Å². The van der Waals surface area contributed by atoms with Crippen LogP contribution < -0.4 is 29.9 Å². The number of carbonyl (C=O) groups is 2. The molecule has 228 valence electrons. The summed E-state index contributed by atoms with van der Waals surface area (Å²) in [4.78, 5) is 39.5. The number of carbonyl (C=O) groups excluding carboxylic acids is 2. The third kappa shape index (κ3) is 5.15. The lowest BCUT2D eigenvalue weighted by Crippen LogP contribution is -2.52. The maximum absolute atomic E-state index is 13.5. The molecule has 4 aromatic rings. The minimum Gasteiger partial charge on any atom is -0.497 e. The van der Waals surface area contributed by atoms with Crippen molar-refractivity contribution in [3.8, 4) is 11.5 Å². The molecule has 7 rings (SSSR count). The number of amides is 2. The standard InChI is InChI=1S/C32H35N7O5/c1-37(16-20-6-7-23(42-2)14-27(20)43-3)25-15-28-34-21-11-19(12-22(13-21)38-10-4-5-29(38)40)17-44-26-9-8-24(26)35-32(41)39-18-33-30(25)31(39)36-28/h6-7,11-15,18,24,26H,4-5,8-10,16-17H2,1-3H3,(H,34,36)(H,35,41)/t24-,26-/m1/s1. The molecule has 2 atom stereocenters. The van der Waals surface area contributed by atoms with Gasteiger partial charge in [0, 0.05) is 55.6 Å². The second kappa shape index (κ2) is 11.3. The predicted octanol–water partition coefficient (Wildman–Crippen LogP) is 4.57. The number of imidazole rings is 1. The number of hydrogen-bond donors (Lipinski definition) is 2. The van der Waals surface area contributed by atoms with Gasteiger partial charge in [-0.05, 0) is 55.2 Å². The topological polar surface area (TPSA) is 123 Å². The summed E-state index contributed by atoms with van der Waals surface area (Å²) in [6, 6.07) is 13.2. The van der Waals surface area contributed by atoms with E-state index in [4.69, 9.17) is 19.2 Å². The summed E-state index contributed by atoms with van der Waals surface area (Å²) in [6.45, 7) is 1.55. The minimum absolute atomic E-state index is 0.102. The average molecular weight is 598 g/mol. The molecule has 0 spiro atoms. The Bertz CT molecular complexity index is 1750. The van der Waals surface area contributed by atoms with E-state index in [-0.39, 0.29) is 24.1 Å². The molecule has 2 amide bonds. The molecular formula is C32H35N7O5. The lowest BCUT2D eigenvalue weighted by molar-refractivity contribution is -0.117. The largest absolute Gasteiger partial charge is 0.497 e. The zero-order chi connectivity index (χ0) is 30.4. The number of fused-ring (bicyclic) bond motifs is 4. The van der Waals surface area contributed by atoms with E-state index in [1.54, 1.807) is 14.2 Å². The smallest absolute Gasteiger partial charge is 0.328 e. The summed E-state index contributed by atoms with van der Waals surface area (Å²) < 4.78 is 18.7. The Labute approximate surface area is 254 Å². The molecule has 2 aliphatic heterocycles. The fourth-order valence-electron chi connectivity index (χ4n) is 6.12.